The molecular weight excluding hydrogens is 352 g/mol. The maximum atomic E-state index is 12.3. The molecule has 150 valence electrons. The van der Waals surface area contributed by atoms with Crippen LogP contribution in [0.4, 0.5) is 5.69 Å². The smallest absolute Gasteiger partial charge is 0.251 e. The highest BCUT2D eigenvalue weighted by molar-refractivity contribution is 5.95. The summed E-state index contributed by atoms with van der Waals surface area (Å²) >= 11 is 0. The minimum absolute atomic E-state index is 0.0459. The summed E-state index contributed by atoms with van der Waals surface area (Å²) in [5.74, 6) is 0.302. The zero-order valence-electron chi connectivity index (χ0n) is 17.2. The second-order valence-electron chi connectivity index (χ2n) is 7.73. The highest BCUT2D eigenvalue weighted by atomic mass is 16.5. The molecular formula is C23H30N2O3. The Hall–Kier alpha value is -2.82. The van der Waals surface area contributed by atoms with E-state index in [1.807, 2.05) is 49.4 Å². The summed E-state index contributed by atoms with van der Waals surface area (Å²) in [5.41, 5.74) is 2.45. The van der Waals surface area contributed by atoms with Crippen molar-refractivity contribution >= 4 is 17.5 Å². The maximum Gasteiger partial charge on any atom is 0.251 e. The van der Waals surface area contributed by atoms with Crippen molar-refractivity contribution in [1.29, 1.82) is 0 Å². The van der Waals surface area contributed by atoms with E-state index in [-0.39, 0.29) is 30.2 Å². The molecule has 0 saturated heterocycles. The molecule has 0 aliphatic heterocycles. The number of benzene rings is 2. The lowest BCUT2D eigenvalue weighted by molar-refractivity contribution is -0.116. The van der Waals surface area contributed by atoms with Gasteiger partial charge in [0.15, 0.2) is 0 Å². The van der Waals surface area contributed by atoms with Gasteiger partial charge in [-0.3, -0.25) is 9.59 Å². The number of para-hydroxylation sites is 2. The highest BCUT2D eigenvalue weighted by Gasteiger charge is 2.14. The van der Waals surface area contributed by atoms with E-state index < -0.39 is 0 Å². The molecule has 2 aromatic rings. The number of amides is 2. The van der Waals surface area contributed by atoms with Gasteiger partial charge in [0.05, 0.1) is 12.3 Å². The summed E-state index contributed by atoms with van der Waals surface area (Å²) in [4.78, 5) is 24.4. The van der Waals surface area contributed by atoms with Crippen molar-refractivity contribution in [2.24, 2.45) is 0 Å². The molecule has 0 heterocycles. The van der Waals surface area contributed by atoms with Gasteiger partial charge in [-0.1, -0.05) is 52.0 Å². The number of carbonyl (C=O) groups is 2. The van der Waals surface area contributed by atoms with Crippen molar-refractivity contribution in [1.82, 2.24) is 5.32 Å². The Labute approximate surface area is 167 Å². The van der Waals surface area contributed by atoms with Gasteiger partial charge in [-0.2, -0.15) is 0 Å². The van der Waals surface area contributed by atoms with Crippen LogP contribution in [-0.4, -0.2) is 25.0 Å². The molecule has 2 amide bonds. The van der Waals surface area contributed by atoms with Crippen molar-refractivity contribution in [2.45, 2.75) is 46.0 Å². The summed E-state index contributed by atoms with van der Waals surface area (Å²) in [6.07, 6.45) is 1.08. The zero-order valence-corrected chi connectivity index (χ0v) is 17.2. The molecule has 0 fully saturated rings. The Bertz CT molecular complexity index is 792. The molecule has 0 aliphatic rings. The van der Waals surface area contributed by atoms with Crippen molar-refractivity contribution in [2.75, 3.05) is 18.5 Å². The number of ether oxygens (including phenoxy) is 1. The average Bonchev–Trinajstić information content (AvgIpc) is 2.66. The second-order valence-corrected chi connectivity index (χ2v) is 7.73. The first kappa shape index (κ1) is 21.5. The zero-order chi connectivity index (χ0) is 20.6. The molecule has 2 N–H and O–H groups in total. The lowest BCUT2D eigenvalue weighted by Crippen LogP contribution is -2.27. The summed E-state index contributed by atoms with van der Waals surface area (Å²) in [6, 6.07) is 14.9. The first-order valence-corrected chi connectivity index (χ1v) is 9.71. The Morgan fingerprint density at radius 2 is 1.68 bits per heavy atom. The van der Waals surface area contributed by atoms with E-state index in [4.69, 9.17) is 4.74 Å². The standard InChI is InChI=1S/C23H30N2O3/c1-5-16-28-20-9-7-6-8-19(20)25-21(26)14-15-24-22(27)17-10-12-18(13-11-17)23(2,3)4/h6-13H,5,14-16H2,1-4H3,(H,24,27)(H,25,26). The first-order valence-electron chi connectivity index (χ1n) is 9.71. The molecule has 0 bridgehead atoms. The quantitative estimate of drug-likeness (QED) is 0.705. The lowest BCUT2D eigenvalue weighted by Gasteiger charge is -2.19. The Morgan fingerprint density at radius 3 is 2.32 bits per heavy atom. The van der Waals surface area contributed by atoms with E-state index in [1.165, 1.54) is 5.56 Å². The molecule has 2 aromatic carbocycles. The molecule has 5 heteroatoms. The van der Waals surface area contributed by atoms with E-state index in [0.29, 0.717) is 23.6 Å². The second kappa shape index (κ2) is 9.93. The third-order valence-electron chi connectivity index (χ3n) is 4.27. The molecule has 0 aromatic heterocycles. The molecule has 2 rings (SSSR count). The SMILES string of the molecule is CCCOc1ccccc1NC(=O)CCNC(=O)c1ccc(C(C)(C)C)cc1. The van der Waals surface area contributed by atoms with Gasteiger partial charge < -0.3 is 15.4 Å². The fraction of sp³-hybridized carbons (Fsp3) is 0.391. The van der Waals surface area contributed by atoms with Crippen LogP contribution in [0.25, 0.3) is 0 Å². The van der Waals surface area contributed by atoms with Gasteiger partial charge >= 0.3 is 0 Å². The number of carbonyl (C=O) groups excluding carboxylic acids is 2. The van der Waals surface area contributed by atoms with E-state index in [2.05, 4.69) is 31.4 Å². The fourth-order valence-corrected chi connectivity index (χ4v) is 2.63. The van der Waals surface area contributed by atoms with E-state index >= 15 is 0 Å². The predicted molar refractivity (Wildman–Crippen MR) is 113 cm³/mol. The molecule has 0 saturated carbocycles. The average molecular weight is 383 g/mol. The van der Waals surface area contributed by atoms with Crippen LogP contribution < -0.4 is 15.4 Å². The van der Waals surface area contributed by atoms with Crippen molar-refractivity contribution in [3.05, 3.63) is 59.7 Å². The summed E-state index contributed by atoms with van der Waals surface area (Å²) in [6.45, 7) is 9.28. The summed E-state index contributed by atoms with van der Waals surface area (Å²) in [7, 11) is 0. The van der Waals surface area contributed by atoms with Gasteiger partial charge in [0.2, 0.25) is 5.91 Å². The minimum Gasteiger partial charge on any atom is -0.491 e. The van der Waals surface area contributed by atoms with Crippen LogP contribution in [0.2, 0.25) is 0 Å². The highest BCUT2D eigenvalue weighted by Crippen LogP contribution is 2.24. The molecule has 0 unspecified atom stereocenters. The predicted octanol–water partition coefficient (Wildman–Crippen LogP) is 4.53. The van der Waals surface area contributed by atoms with E-state index in [1.54, 1.807) is 6.07 Å². The van der Waals surface area contributed by atoms with Crippen LogP contribution in [0.3, 0.4) is 0 Å². The largest absolute Gasteiger partial charge is 0.491 e. The number of nitrogens with one attached hydrogen (secondary N) is 2. The first-order chi connectivity index (χ1) is 13.3. The molecule has 0 atom stereocenters. The summed E-state index contributed by atoms with van der Waals surface area (Å²) < 4.78 is 5.64. The molecule has 28 heavy (non-hydrogen) atoms. The van der Waals surface area contributed by atoms with Gasteiger partial charge in [-0.15, -0.1) is 0 Å². The fourth-order valence-electron chi connectivity index (χ4n) is 2.63. The van der Waals surface area contributed by atoms with Gasteiger partial charge in [0, 0.05) is 18.5 Å². The Kier molecular flexibility index (Phi) is 7.61. The van der Waals surface area contributed by atoms with Crippen LogP contribution in [0.5, 0.6) is 5.75 Å². The number of rotatable bonds is 8. The van der Waals surface area contributed by atoms with Crippen LogP contribution >= 0.6 is 0 Å². The van der Waals surface area contributed by atoms with Gasteiger partial charge in [0.1, 0.15) is 5.75 Å². The molecule has 5 nitrogen and oxygen atoms in total. The molecule has 0 aliphatic carbocycles. The van der Waals surface area contributed by atoms with Crippen LogP contribution in [0.1, 0.15) is 56.5 Å². The van der Waals surface area contributed by atoms with Gasteiger partial charge in [-0.25, -0.2) is 0 Å². The lowest BCUT2D eigenvalue weighted by atomic mass is 9.87. The number of anilines is 1. The number of hydrogen-bond donors (Lipinski definition) is 2. The minimum atomic E-state index is -0.181. The topological polar surface area (TPSA) is 67.4 Å². The maximum absolute atomic E-state index is 12.3. The summed E-state index contributed by atoms with van der Waals surface area (Å²) in [5, 5.41) is 5.63. The Balaban J connectivity index is 1.83. The molecule has 0 spiro atoms. The number of hydrogen-bond acceptors (Lipinski definition) is 3. The van der Waals surface area contributed by atoms with Crippen molar-refractivity contribution in [3.8, 4) is 5.75 Å². The van der Waals surface area contributed by atoms with Crippen LogP contribution in [-0.2, 0) is 10.2 Å². The van der Waals surface area contributed by atoms with E-state index in [9.17, 15) is 9.59 Å². The normalized spacial score (nSPS) is 11.0. The molecule has 0 radical (unpaired) electrons. The van der Waals surface area contributed by atoms with E-state index in [0.717, 1.165) is 6.42 Å². The van der Waals surface area contributed by atoms with Crippen molar-refractivity contribution in [3.63, 3.8) is 0 Å². The monoisotopic (exact) mass is 382 g/mol. The Morgan fingerprint density at radius 1 is 1.00 bits per heavy atom. The van der Waals surface area contributed by atoms with Crippen LogP contribution in [0.15, 0.2) is 48.5 Å². The van der Waals surface area contributed by atoms with Crippen molar-refractivity contribution < 1.29 is 14.3 Å². The van der Waals surface area contributed by atoms with Gasteiger partial charge in [-0.05, 0) is 41.7 Å². The van der Waals surface area contributed by atoms with Gasteiger partial charge in [0.25, 0.3) is 5.91 Å². The van der Waals surface area contributed by atoms with Crippen LogP contribution in [0, 0.1) is 0 Å². The third kappa shape index (κ3) is 6.41. The third-order valence-corrected chi connectivity index (χ3v) is 4.27.